The minimum atomic E-state index is -0.225. The van der Waals surface area contributed by atoms with Crippen molar-refractivity contribution in [1.82, 2.24) is 14.8 Å². The van der Waals surface area contributed by atoms with E-state index in [1.165, 1.54) is 0 Å². The normalized spacial score (nSPS) is 21.3. The standard InChI is InChI=1S/C14H17ClN4O2S/c1-22-13-5-3-11(19(20)21)14-17(6-7-18(13)14)9-10-2-4-12(15)16-8-10/h2,4,8,13H,3,5-7,9H2,1H3. The second kappa shape index (κ2) is 6.34. The van der Waals surface area contributed by atoms with Crippen LogP contribution in [0.25, 0.3) is 0 Å². The van der Waals surface area contributed by atoms with Gasteiger partial charge in [-0.15, -0.1) is 11.8 Å². The van der Waals surface area contributed by atoms with Crippen LogP contribution in [0.15, 0.2) is 29.8 Å². The molecule has 6 nitrogen and oxygen atoms in total. The Labute approximate surface area is 138 Å². The minimum absolute atomic E-state index is 0.225. The third kappa shape index (κ3) is 2.87. The molecule has 0 aromatic carbocycles. The van der Waals surface area contributed by atoms with Crippen LogP contribution < -0.4 is 0 Å². The number of nitrogens with zero attached hydrogens (tertiary/aromatic N) is 4. The van der Waals surface area contributed by atoms with Gasteiger partial charge in [-0.05, 0) is 24.3 Å². The second-order valence-electron chi connectivity index (χ2n) is 5.36. The number of fused-ring (bicyclic) bond motifs is 1. The third-order valence-electron chi connectivity index (χ3n) is 4.07. The number of nitro groups is 1. The van der Waals surface area contributed by atoms with Gasteiger partial charge in [-0.2, -0.15) is 0 Å². The molecule has 8 heteroatoms. The highest BCUT2D eigenvalue weighted by Gasteiger charge is 2.40. The van der Waals surface area contributed by atoms with Crippen LogP contribution in [0.5, 0.6) is 0 Å². The van der Waals surface area contributed by atoms with E-state index in [-0.39, 0.29) is 4.92 Å². The van der Waals surface area contributed by atoms with Crippen LogP contribution in [-0.2, 0) is 6.54 Å². The lowest BCUT2D eigenvalue weighted by Crippen LogP contribution is -2.36. The summed E-state index contributed by atoms with van der Waals surface area (Å²) in [4.78, 5) is 19.5. The Hall–Kier alpha value is -1.47. The lowest BCUT2D eigenvalue weighted by molar-refractivity contribution is -0.432. The van der Waals surface area contributed by atoms with Crippen LogP contribution in [-0.4, -0.2) is 44.4 Å². The highest BCUT2D eigenvalue weighted by molar-refractivity contribution is 7.99. The molecule has 0 aliphatic carbocycles. The fourth-order valence-electron chi connectivity index (χ4n) is 3.07. The molecular formula is C14H17ClN4O2S. The molecule has 1 saturated heterocycles. The number of allylic oxidation sites excluding steroid dienone is 1. The van der Waals surface area contributed by atoms with Crippen LogP contribution >= 0.6 is 23.4 Å². The van der Waals surface area contributed by atoms with Crippen molar-refractivity contribution in [3.63, 3.8) is 0 Å². The molecule has 3 rings (SSSR count). The van der Waals surface area contributed by atoms with Crippen LogP contribution in [0.3, 0.4) is 0 Å². The maximum atomic E-state index is 11.4. The predicted octanol–water partition coefficient (Wildman–Crippen LogP) is 2.78. The SMILES string of the molecule is CSC1CCC([N+](=O)[O-])=C2N(Cc3ccc(Cl)nc3)CCN21. The van der Waals surface area contributed by atoms with Gasteiger partial charge in [0.05, 0.1) is 10.3 Å². The Balaban J connectivity index is 1.88. The molecule has 1 fully saturated rings. The van der Waals surface area contributed by atoms with E-state index in [9.17, 15) is 10.1 Å². The Morgan fingerprint density at radius 3 is 2.95 bits per heavy atom. The molecule has 2 aliphatic heterocycles. The van der Waals surface area contributed by atoms with E-state index >= 15 is 0 Å². The van der Waals surface area contributed by atoms with Gasteiger partial charge in [0.2, 0.25) is 0 Å². The van der Waals surface area contributed by atoms with E-state index < -0.39 is 0 Å². The molecule has 1 atom stereocenters. The van der Waals surface area contributed by atoms with Gasteiger partial charge in [-0.25, -0.2) is 4.98 Å². The summed E-state index contributed by atoms with van der Waals surface area (Å²) in [5.74, 6) is 0.783. The number of halogens is 1. The molecule has 118 valence electrons. The highest BCUT2D eigenvalue weighted by Crippen LogP contribution is 2.37. The number of aromatic nitrogens is 1. The van der Waals surface area contributed by atoms with E-state index in [0.717, 1.165) is 30.9 Å². The summed E-state index contributed by atoms with van der Waals surface area (Å²) in [5.41, 5.74) is 1.34. The zero-order chi connectivity index (χ0) is 15.7. The molecule has 3 heterocycles. The summed E-state index contributed by atoms with van der Waals surface area (Å²) in [7, 11) is 0. The monoisotopic (exact) mass is 340 g/mol. The van der Waals surface area contributed by atoms with Crippen molar-refractivity contribution in [1.29, 1.82) is 0 Å². The summed E-state index contributed by atoms with van der Waals surface area (Å²) in [6.45, 7) is 2.25. The van der Waals surface area contributed by atoms with E-state index in [1.807, 2.05) is 6.07 Å². The van der Waals surface area contributed by atoms with Crippen LogP contribution in [0.1, 0.15) is 18.4 Å². The first-order valence-electron chi connectivity index (χ1n) is 7.12. The fraction of sp³-hybridized carbons (Fsp3) is 0.500. The van der Waals surface area contributed by atoms with Crippen molar-refractivity contribution in [3.05, 3.63) is 50.7 Å². The quantitative estimate of drug-likeness (QED) is 0.477. The van der Waals surface area contributed by atoms with Crippen molar-refractivity contribution in [2.75, 3.05) is 19.3 Å². The van der Waals surface area contributed by atoms with E-state index in [2.05, 4.69) is 21.0 Å². The molecule has 0 bridgehead atoms. The Morgan fingerprint density at radius 1 is 1.50 bits per heavy atom. The van der Waals surface area contributed by atoms with Crippen molar-refractivity contribution in [2.45, 2.75) is 24.8 Å². The lowest BCUT2D eigenvalue weighted by atomic mass is 10.1. The zero-order valence-corrected chi connectivity index (χ0v) is 13.8. The molecule has 0 amide bonds. The minimum Gasteiger partial charge on any atom is -0.347 e. The average Bonchev–Trinajstić information content (AvgIpc) is 2.92. The number of rotatable bonds is 4. The van der Waals surface area contributed by atoms with Gasteiger partial charge in [0, 0.05) is 32.3 Å². The topological polar surface area (TPSA) is 62.5 Å². The predicted molar refractivity (Wildman–Crippen MR) is 86.9 cm³/mol. The molecule has 1 unspecified atom stereocenters. The summed E-state index contributed by atoms with van der Waals surface area (Å²) in [6.07, 6.45) is 5.15. The number of hydrogen-bond acceptors (Lipinski definition) is 6. The van der Waals surface area contributed by atoms with Gasteiger partial charge in [0.1, 0.15) is 5.15 Å². The zero-order valence-electron chi connectivity index (χ0n) is 12.2. The molecule has 1 aromatic rings. The molecule has 0 saturated carbocycles. The largest absolute Gasteiger partial charge is 0.347 e. The maximum Gasteiger partial charge on any atom is 0.286 e. The van der Waals surface area contributed by atoms with Gasteiger partial charge in [-0.3, -0.25) is 10.1 Å². The van der Waals surface area contributed by atoms with Crippen molar-refractivity contribution < 1.29 is 4.92 Å². The first kappa shape index (κ1) is 15.4. The van der Waals surface area contributed by atoms with Crippen LogP contribution in [0.4, 0.5) is 0 Å². The molecule has 22 heavy (non-hydrogen) atoms. The average molecular weight is 341 g/mol. The number of thioether (sulfide) groups is 1. The first-order chi connectivity index (χ1) is 10.6. The van der Waals surface area contributed by atoms with Gasteiger partial charge >= 0.3 is 0 Å². The molecule has 0 radical (unpaired) electrons. The van der Waals surface area contributed by atoms with Gasteiger partial charge in [0.25, 0.3) is 5.70 Å². The van der Waals surface area contributed by atoms with Crippen molar-refractivity contribution in [2.24, 2.45) is 0 Å². The van der Waals surface area contributed by atoms with Crippen LogP contribution in [0, 0.1) is 10.1 Å². The Morgan fingerprint density at radius 2 is 2.32 bits per heavy atom. The van der Waals surface area contributed by atoms with Crippen molar-refractivity contribution in [3.8, 4) is 0 Å². The Bertz CT molecular complexity index is 607. The summed E-state index contributed by atoms with van der Waals surface area (Å²) in [6, 6.07) is 3.67. The van der Waals surface area contributed by atoms with Gasteiger partial charge < -0.3 is 9.80 Å². The Kier molecular flexibility index (Phi) is 4.44. The smallest absolute Gasteiger partial charge is 0.286 e. The summed E-state index contributed by atoms with van der Waals surface area (Å²) in [5, 5.41) is 12.2. The summed E-state index contributed by atoms with van der Waals surface area (Å²) >= 11 is 7.57. The molecular weight excluding hydrogens is 324 g/mol. The molecule has 0 spiro atoms. The molecule has 2 aliphatic rings. The van der Waals surface area contributed by atoms with E-state index in [1.54, 1.807) is 24.0 Å². The van der Waals surface area contributed by atoms with Crippen LogP contribution in [0.2, 0.25) is 5.15 Å². The highest BCUT2D eigenvalue weighted by atomic mass is 35.5. The van der Waals surface area contributed by atoms with Gasteiger partial charge in [0.15, 0.2) is 5.82 Å². The summed E-state index contributed by atoms with van der Waals surface area (Å²) < 4.78 is 0. The van der Waals surface area contributed by atoms with Crippen molar-refractivity contribution >= 4 is 23.4 Å². The third-order valence-corrected chi connectivity index (χ3v) is 5.33. The lowest BCUT2D eigenvalue weighted by Gasteiger charge is -2.33. The number of hydrogen-bond donors (Lipinski definition) is 0. The first-order valence-corrected chi connectivity index (χ1v) is 8.79. The van der Waals surface area contributed by atoms with E-state index in [0.29, 0.717) is 29.2 Å². The van der Waals surface area contributed by atoms with E-state index in [4.69, 9.17) is 11.6 Å². The maximum absolute atomic E-state index is 11.4. The van der Waals surface area contributed by atoms with Gasteiger partial charge in [-0.1, -0.05) is 17.7 Å². The number of pyridine rings is 1. The molecule has 1 aromatic heterocycles. The second-order valence-corrected chi connectivity index (χ2v) is 6.76. The molecule has 0 N–H and O–H groups in total. The fourth-order valence-corrected chi connectivity index (χ4v) is 4.00.